The number of anilines is 1. The molecule has 0 aliphatic heterocycles. The van der Waals surface area contributed by atoms with Crippen molar-refractivity contribution in [2.75, 3.05) is 5.73 Å². The summed E-state index contributed by atoms with van der Waals surface area (Å²) in [6.07, 6.45) is 0. The molecule has 0 radical (unpaired) electrons. The standard InChI is InChI=1S/C12H10F2N2O3S/c13-9-3-1-7(5-10(9)14)19-8-2-4-12(11(15)6-8)20(16,17)18/h1-6H,15H2,(H2,16,17,18). The van der Waals surface area contributed by atoms with Crippen LogP contribution in [0, 0.1) is 11.6 Å². The third-order valence-electron chi connectivity index (χ3n) is 2.41. The first-order valence-corrected chi connectivity index (χ1v) is 6.87. The summed E-state index contributed by atoms with van der Waals surface area (Å²) >= 11 is 0. The summed E-state index contributed by atoms with van der Waals surface area (Å²) in [5, 5.41) is 4.96. The molecule has 20 heavy (non-hydrogen) atoms. The van der Waals surface area contributed by atoms with Gasteiger partial charge in [0.05, 0.1) is 5.69 Å². The molecule has 0 saturated carbocycles. The van der Waals surface area contributed by atoms with Gasteiger partial charge in [-0.3, -0.25) is 0 Å². The number of benzene rings is 2. The molecule has 2 rings (SSSR count). The third kappa shape index (κ3) is 3.03. The first kappa shape index (κ1) is 14.2. The number of halogens is 2. The highest BCUT2D eigenvalue weighted by molar-refractivity contribution is 7.89. The predicted molar refractivity (Wildman–Crippen MR) is 68.7 cm³/mol. The van der Waals surface area contributed by atoms with Crippen molar-refractivity contribution in [3.8, 4) is 11.5 Å². The Morgan fingerprint density at radius 1 is 0.950 bits per heavy atom. The van der Waals surface area contributed by atoms with Crippen LogP contribution in [-0.2, 0) is 10.0 Å². The molecule has 0 fully saturated rings. The van der Waals surface area contributed by atoms with Crippen LogP contribution in [0.3, 0.4) is 0 Å². The topological polar surface area (TPSA) is 95.4 Å². The van der Waals surface area contributed by atoms with Crippen LogP contribution in [0.5, 0.6) is 11.5 Å². The zero-order valence-corrected chi connectivity index (χ0v) is 10.8. The Kier molecular flexibility index (Phi) is 3.60. The largest absolute Gasteiger partial charge is 0.457 e. The molecule has 0 amide bonds. The molecule has 4 N–H and O–H groups in total. The van der Waals surface area contributed by atoms with Crippen molar-refractivity contribution < 1.29 is 21.9 Å². The lowest BCUT2D eigenvalue weighted by atomic mass is 10.3. The van der Waals surface area contributed by atoms with E-state index in [1.54, 1.807) is 0 Å². The Morgan fingerprint density at radius 2 is 1.55 bits per heavy atom. The van der Waals surface area contributed by atoms with Crippen molar-refractivity contribution in [3.63, 3.8) is 0 Å². The molecule has 0 aliphatic carbocycles. The Bertz CT molecular complexity index is 763. The van der Waals surface area contributed by atoms with Crippen molar-refractivity contribution in [3.05, 3.63) is 48.0 Å². The van der Waals surface area contributed by atoms with Crippen LogP contribution in [0.4, 0.5) is 14.5 Å². The van der Waals surface area contributed by atoms with E-state index in [0.29, 0.717) is 0 Å². The molecular weight excluding hydrogens is 290 g/mol. The van der Waals surface area contributed by atoms with Gasteiger partial charge >= 0.3 is 0 Å². The summed E-state index contributed by atoms with van der Waals surface area (Å²) in [5.74, 6) is -1.84. The second kappa shape index (κ2) is 5.06. The van der Waals surface area contributed by atoms with E-state index in [1.165, 1.54) is 24.3 Å². The maximum atomic E-state index is 13.0. The van der Waals surface area contributed by atoms with Crippen molar-refractivity contribution >= 4 is 15.7 Å². The maximum absolute atomic E-state index is 13.0. The van der Waals surface area contributed by atoms with Crippen LogP contribution < -0.4 is 15.6 Å². The van der Waals surface area contributed by atoms with Gasteiger partial charge in [-0.05, 0) is 24.3 Å². The molecule has 0 saturated heterocycles. The van der Waals surface area contributed by atoms with Gasteiger partial charge in [-0.2, -0.15) is 0 Å². The van der Waals surface area contributed by atoms with Crippen LogP contribution in [0.1, 0.15) is 0 Å². The lowest BCUT2D eigenvalue weighted by Crippen LogP contribution is -2.14. The number of hydrogen-bond acceptors (Lipinski definition) is 4. The van der Waals surface area contributed by atoms with E-state index in [2.05, 4.69) is 0 Å². The molecule has 0 aromatic heterocycles. The van der Waals surface area contributed by atoms with E-state index in [9.17, 15) is 17.2 Å². The van der Waals surface area contributed by atoms with E-state index in [0.717, 1.165) is 12.1 Å². The maximum Gasteiger partial charge on any atom is 0.240 e. The molecule has 0 aliphatic rings. The SMILES string of the molecule is Nc1cc(Oc2ccc(F)c(F)c2)ccc1S(N)(=O)=O. The number of nitrogens with two attached hydrogens (primary N) is 2. The van der Waals surface area contributed by atoms with Crippen molar-refractivity contribution in [2.45, 2.75) is 4.90 Å². The number of primary sulfonamides is 1. The highest BCUT2D eigenvalue weighted by Crippen LogP contribution is 2.27. The Balaban J connectivity index is 2.31. The van der Waals surface area contributed by atoms with Gasteiger partial charge in [-0.25, -0.2) is 22.3 Å². The fraction of sp³-hybridized carbons (Fsp3) is 0. The van der Waals surface area contributed by atoms with E-state index in [4.69, 9.17) is 15.6 Å². The minimum atomic E-state index is -3.93. The lowest BCUT2D eigenvalue weighted by Gasteiger charge is -2.09. The average Bonchev–Trinajstić information content (AvgIpc) is 2.32. The molecule has 106 valence electrons. The second-order valence-electron chi connectivity index (χ2n) is 3.92. The zero-order valence-electron chi connectivity index (χ0n) is 10.0. The summed E-state index contributed by atoms with van der Waals surface area (Å²) in [5.41, 5.74) is 5.44. The smallest absolute Gasteiger partial charge is 0.240 e. The summed E-state index contributed by atoms with van der Waals surface area (Å²) in [7, 11) is -3.93. The molecule has 0 unspecified atom stereocenters. The monoisotopic (exact) mass is 300 g/mol. The van der Waals surface area contributed by atoms with Gasteiger partial charge in [-0.15, -0.1) is 0 Å². The van der Waals surface area contributed by atoms with Gasteiger partial charge in [0.2, 0.25) is 10.0 Å². The van der Waals surface area contributed by atoms with Crippen LogP contribution in [0.2, 0.25) is 0 Å². The summed E-state index contributed by atoms with van der Waals surface area (Å²) in [4.78, 5) is -0.241. The van der Waals surface area contributed by atoms with Gasteiger partial charge in [0.1, 0.15) is 16.4 Å². The van der Waals surface area contributed by atoms with Crippen LogP contribution in [-0.4, -0.2) is 8.42 Å². The highest BCUT2D eigenvalue weighted by Gasteiger charge is 2.13. The van der Waals surface area contributed by atoms with Crippen molar-refractivity contribution in [1.82, 2.24) is 0 Å². The number of nitrogen functional groups attached to an aromatic ring is 1. The number of sulfonamides is 1. The van der Waals surface area contributed by atoms with Crippen LogP contribution in [0.15, 0.2) is 41.3 Å². The van der Waals surface area contributed by atoms with E-state index in [1.807, 2.05) is 0 Å². The van der Waals surface area contributed by atoms with Crippen LogP contribution >= 0.6 is 0 Å². The van der Waals surface area contributed by atoms with E-state index in [-0.39, 0.29) is 22.1 Å². The van der Waals surface area contributed by atoms with Gasteiger partial charge in [0.25, 0.3) is 0 Å². The summed E-state index contributed by atoms with van der Waals surface area (Å²) in [6.45, 7) is 0. The Morgan fingerprint density at radius 3 is 2.10 bits per heavy atom. The van der Waals surface area contributed by atoms with Gasteiger partial charge in [0.15, 0.2) is 11.6 Å². The van der Waals surface area contributed by atoms with E-state index >= 15 is 0 Å². The highest BCUT2D eigenvalue weighted by atomic mass is 32.2. The predicted octanol–water partition coefficient (Wildman–Crippen LogP) is 1.99. The fourth-order valence-corrected chi connectivity index (χ4v) is 2.17. The van der Waals surface area contributed by atoms with E-state index < -0.39 is 21.7 Å². The molecule has 2 aromatic rings. The second-order valence-corrected chi connectivity index (χ2v) is 5.45. The molecular formula is C12H10F2N2O3S. The number of rotatable bonds is 3. The number of hydrogen-bond donors (Lipinski definition) is 2. The van der Waals surface area contributed by atoms with Crippen molar-refractivity contribution in [2.24, 2.45) is 5.14 Å². The quantitative estimate of drug-likeness (QED) is 0.847. The summed E-state index contributed by atoms with van der Waals surface area (Å²) < 4.78 is 53.3. The van der Waals surface area contributed by atoms with Crippen molar-refractivity contribution in [1.29, 1.82) is 0 Å². The molecule has 0 heterocycles. The number of ether oxygens (including phenoxy) is 1. The minimum Gasteiger partial charge on any atom is -0.457 e. The van der Waals surface area contributed by atoms with Gasteiger partial charge in [-0.1, -0.05) is 0 Å². The van der Waals surface area contributed by atoms with Gasteiger partial charge < -0.3 is 10.5 Å². The molecule has 5 nitrogen and oxygen atoms in total. The fourth-order valence-electron chi connectivity index (χ4n) is 1.53. The summed E-state index contributed by atoms with van der Waals surface area (Å²) in [6, 6.07) is 6.69. The molecule has 0 bridgehead atoms. The van der Waals surface area contributed by atoms with Crippen LogP contribution in [0.25, 0.3) is 0 Å². The third-order valence-corrected chi connectivity index (χ3v) is 3.40. The Hall–Kier alpha value is -2.19. The minimum absolute atomic E-state index is 0.0478. The lowest BCUT2D eigenvalue weighted by molar-refractivity contribution is 0.461. The average molecular weight is 300 g/mol. The molecule has 8 heteroatoms. The normalized spacial score (nSPS) is 11.3. The first-order valence-electron chi connectivity index (χ1n) is 5.32. The Labute approximate surface area is 113 Å². The zero-order chi connectivity index (χ0) is 14.9. The molecule has 0 atom stereocenters. The molecule has 2 aromatic carbocycles. The van der Waals surface area contributed by atoms with Gasteiger partial charge in [0, 0.05) is 12.1 Å². The first-order chi connectivity index (χ1) is 9.27. The molecule has 0 spiro atoms.